The Balaban J connectivity index is 2.27. The Labute approximate surface area is 135 Å². The monoisotopic (exact) mass is 330 g/mol. The zero-order valence-corrected chi connectivity index (χ0v) is 12.9. The second-order valence-electron chi connectivity index (χ2n) is 5.04. The number of phenols is 3. The van der Waals surface area contributed by atoms with Gasteiger partial charge in [-0.3, -0.25) is 4.79 Å². The van der Waals surface area contributed by atoms with Gasteiger partial charge in [0.15, 0.2) is 28.4 Å². The van der Waals surface area contributed by atoms with Crippen molar-refractivity contribution in [2.75, 3.05) is 14.2 Å². The van der Waals surface area contributed by atoms with Crippen LogP contribution in [-0.2, 0) is 0 Å². The minimum absolute atomic E-state index is 0.110. The quantitative estimate of drug-likeness (QED) is 0.633. The zero-order valence-electron chi connectivity index (χ0n) is 12.9. The molecule has 0 aliphatic carbocycles. The Bertz CT molecular complexity index is 963. The fourth-order valence-corrected chi connectivity index (χ4v) is 2.36. The number of phenolic OH excluding ortho intramolecular Hbond substituents is 3. The van der Waals surface area contributed by atoms with E-state index in [1.54, 1.807) is 0 Å². The molecule has 3 rings (SSSR count). The van der Waals surface area contributed by atoms with Crippen LogP contribution in [0, 0.1) is 0 Å². The number of benzene rings is 2. The van der Waals surface area contributed by atoms with E-state index < -0.39 is 16.9 Å². The summed E-state index contributed by atoms with van der Waals surface area (Å²) < 4.78 is 15.8. The van der Waals surface area contributed by atoms with Gasteiger partial charge in [-0.1, -0.05) is 0 Å². The Morgan fingerprint density at radius 3 is 2.04 bits per heavy atom. The predicted molar refractivity (Wildman–Crippen MR) is 86.0 cm³/mol. The third-order valence-electron chi connectivity index (χ3n) is 3.59. The van der Waals surface area contributed by atoms with Crippen molar-refractivity contribution < 1.29 is 29.2 Å². The number of rotatable bonds is 3. The molecule has 0 unspecified atom stereocenters. The van der Waals surface area contributed by atoms with Crippen LogP contribution in [0.5, 0.6) is 28.7 Å². The van der Waals surface area contributed by atoms with Gasteiger partial charge in [-0.05, 0) is 18.2 Å². The van der Waals surface area contributed by atoms with E-state index in [0.717, 1.165) is 12.1 Å². The summed E-state index contributed by atoms with van der Waals surface area (Å²) >= 11 is 0. The summed E-state index contributed by atoms with van der Waals surface area (Å²) in [5.74, 6) is -0.482. The van der Waals surface area contributed by atoms with Gasteiger partial charge in [-0.2, -0.15) is 0 Å². The molecule has 3 N–H and O–H groups in total. The standard InChI is InChI=1S/C17H14O7/c1-22-15-3-8(4-16(23-2)17(15)21)13-6-10(18)9-5-11(19)12(20)7-14(9)24-13/h3-7,19-21H,1-2H3. The first-order valence-corrected chi connectivity index (χ1v) is 6.89. The predicted octanol–water partition coefficient (Wildman–Crippen LogP) is 2.59. The van der Waals surface area contributed by atoms with Crippen molar-refractivity contribution >= 4 is 11.0 Å². The first-order chi connectivity index (χ1) is 11.4. The lowest BCUT2D eigenvalue weighted by atomic mass is 10.1. The number of hydrogen-bond acceptors (Lipinski definition) is 7. The fraction of sp³-hybridized carbons (Fsp3) is 0.118. The molecule has 0 saturated heterocycles. The lowest BCUT2D eigenvalue weighted by Crippen LogP contribution is -2.00. The summed E-state index contributed by atoms with van der Waals surface area (Å²) in [5.41, 5.74) is 0.152. The molecule has 0 saturated carbocycles. The van der Waals surface area contributed by atoms with E-state index in [1.165, 1.54) is 32.4 Å². The second kappa shape index (κ2) is 5.69. The summed E-state index contributed by atoms with van der Waals surface area (Å²) in [7, 11) is 2.77. The van der Waals surface area contributed by atoms with Crippen molar-refractivity contribution in [3.05, 3.63) is 40.6 Å². The van der Waals surface area contributed by atoms with Gasteiger partial charge in [0, 0.05) is 17.7 Å². The first-order valence-electron chi connectivity index (χ1n) is 6.89. The molecule has 1 heterocycles. The highest BCUT2D eigenvalue weighted by molar-refractivity contribution is 5.82. The first kappa shape index (κ1) is 15.5. The Morgan fingerprint density at radius 2 is 1.46 bits per heavy atom. The third kappa shape index (κ3) is 2.45. The number of aromatic hydroxyl groups is 3. The van der Waals surface area contributed by atoms with Crippen LogP contribution in [0.2, 0.25) is 0 Å². The molecule has 24 heavy (non-hydrogen) atoms. The van der Waals surface area contributed by atoms with Crippen LogP contribution in [0.1, 0.15) is 0 Å². The molecule has 0 aliphatic heterocycles. The summed E-state index contributed by atoms with van der Waals surface area (Å²) in [6, 6.07) is 6.51. The average molecular weight is 330 g/mol. The zero-order chi connectivity index (χ0) is 17.4. The average Bonchev–Trinajstić information content (AvgIpc) is 2.56. The molecule has 0 bridgehead atoms. The third-order valence-corrected chi connectivity index (χ3v) is 3.59. The van der Waals surface area contributed by atoms with Crippen molar-refractivity contribution in [1.29, 1.82) is 0 Å². The van der Waals surface area contributed by atoms with E-state index >= 15 is 0 Å². The second-order valence-corrected chi connectivity index (χ2v) is 5.04. The highest BCUT2D eigenvalue weighted by Gasteiger charge is 2.16. The summed E-state index contributed by atoms with van der Waals surface area (Å²) in [6.07, 6.45) is 0. The lowest BCUT2D eigenvalue weighted by molar-refractivity contribution is 0.340. The van der Waals surface area contributed by atoms with Crippen molar-refractivity contribution in [3.63, 3.8) is 0 Å². The number of fused-ring (bicyclic) bond motifs is 1. The number of hydrogen-bond donors (Lipinski definition) is 3. The molecule has 1 aromatic heterocycles. The van der Waals surface area contributed by atoms with Crippen LogP contribution in [0.15, 0.2) is 39.5 Å². The summed E-state index contributed by atoms with van der Waals surface area (Å²) in [6.45, 7) is 0. The van der Waals surface area contributed by atoms with E-state index in [9.17, 15) is 20.1 Å². The Morgan fingerprint density at radius 1 is 0.875 bits per heavy atom. The number of methoxy groups -OCH3 is 2. The van der Waals surface area contributed by atoms with Crippen LogP contribution < -0.4 is 14.9 Å². The lowest BCUT2D eigenvalue weighted by Gasteiger charge is -2.11. The van der Waals surface area contributed by atoms with E-state index in [2.05, 4.69) is 0 Å². The summed E-state index contributed by atoms with van der Waals surface area (Å²) in [5, 5.41) is 29.2. The van der Waals surface area contributed by atoms with Crippen LogP contribution >= 0.6 is 0 Å². The minimum Gasteiger partial charge on any atom is -0.504 e. The van der Waals surface area contributed by atoms with Gasteiger partial charge in [-0.15, -0.1) is 0 Å². The van der Waals surface area contributed by atoms with E-state index in [0.29, 0.717) is 5.56 Å². The molecule has 124 valence electrons. The van der Waals surface area contributed by atoms with Gasteiger partial charge < -0.3 is 29.2 Å². The van der Waals surface area contributed by atoms with E-state index in [4.69, 9.17) is 13.9 Å². The van der Waals surface area contributed by atoms with Gasteiger partial charge >= 0.3 is 0 Å². The fourth-order valence-electron chi connectivity index (χ4n) is 2.36. The van der Waals surface area contributed by atoms with Gasteiger partial charge in [0.1, 0.15) is 11.3 Å². The molecule has 0 amide bonds. The van der Waals surface area contributed by atoms with Gasteiger partial charge in [0.25, 0.3) is 0 Å². The number of ether oxygens (including phenoxy) is 2. The minimum atomic E-state index is -0.407. The Kier molecular flexibility index (Phi) is 3.69. The van der Waals surface area contributed by atoms with Crippen LogP contribution in [0.25, 0.3) is 22.3 Å². The molecule has 0 spiro atoms. The van der Waals surface area contributed by atoms with E-state index in [1.807, 2.05) is 0 Å². The maximum atomic E-state index is 12.2. The van der Waals surface area contributed by atoms with Crippen LogP contribution in [-0.4, -0.2) is 29.5 Å². The molecule has 2 aromatic carbocycles. The van der Waals surface area contributed by atoms with Gasteiger partial charge in [0.2, 0.25) is 5.75 Å². The summed E-state index contributed by atoms with van der Waals surface area (Å²) in [4.78, 5) is 12.2. The molecular weight excluding hydrogens is 316 g/mol. The van der Waals surface area contributed by atoms with E-state index in [-0.39, 0.29) is 34.0 Å². The molecule has 0 radical (unpaired) electrons. The van der Waals surface area contributed by atoms with Crippen molar-refractivity contribution in [1.82, 2.24) is 0 Å². The maximum absolute atomic E-state index is 12.2. The molecule has 3 aromatic rings. The van der Waals surface area contributed by atoms with Crippen molar-refractivity contribution in [3.8, 4) is 40.1 Å². The molecule has 0 atom stereocenters. The molecular formula is C17H14O7. The highest BCUT2D eigenvalue weighted by Crippen LogP contribution is 2.40. The van der Waals surface area contributed by atoms with Crippen molar-refractivity contribution in [2.45, 2.75) is 0 Å². The Hall–Kier alpha value is -3.35. The molecule has 0 fully saturated rings. The van der Waals surface area contributed by atoms with Gasteiger partial charge in [0.05, 0.1) is 19.6 Å². The normalized spacial score (nSPS) is 10.8. The molecule has 7 nitrogen and oxygen atoms in total. The molecule has 0 aliphatic rings. The SMILES string of the molecule is COc1cc(-c2cc(=O)c3cc(O)c(O)cc3o2)cc(OC)c1O. The largest absolute Gasteiger partial charge is 0.504 e. The topological polar surface area (TPSA) is 109 Å². The maximum Gasteiger partial charge on any atom is 0.200 e. The van der Waals surface area contributed by atoms with Gasteiger partial charge in [-0.25, -0.2) is 0 Å². The molecule has 7 heteroatoms. The highest BCUT2D eigenvalue weighted by atomic mass is 16.5. The smallest absolute Gasteiger partial charge is 0.200 e. The van der Waals surface area contributed by atoms with Crippen LogP contribution in [0.3, 0.4) is 0 Å². The van der Waals surface area contributed by atoms with Crippen molar-refractivity contribution in [2.24, 2.45) is 0 Å². The van der Waals surface area contributed by atoms with Crippen LogP contribution in [0.4, 0.5) is 0 Å².